The van der Waals surface area contributed by atoms with Gasteiger partial charge in [-0.1, -0.05) is 194 Å². The van der Waals surface area contributed by atoms with Crippen LogP contribution in [0.5, 0.6) is 0 Å². The third kappa shape index (κ3) is 36.4. The number of aromatic nitrogens is 16. The molecule has 10 heterocycles. The van der Waals surface area contributed by atoms with Crippen LogP contribution in [0.25, 0.3) is 179 Å². The molecule has 0 amide bonds. The Kier molecular flexibility index (Phi) is 55.2. The normalized spacial score (nSPS) is 10.6. The zero-order valence-electron chi connectivity index (χ0n) is 68.0. The summed E-state index contributed by atoms with van der Waals surface area (Å²) in [5, 5.41) is 53.9. The van der Waals surface area contributed by atoms with Gasteiger partial charge in [0.2, 0.25) is 0 Å². The standard InChI is InChI=1S/2C32H16N8.8CH4O3S.2Co.2Cu.4Na/c2*1-2-10-18-17(9-1)25-33-26(18)38-28-21-13-5-6-14-22(21)30(35-28)40-32-24-16-8-7-15-23(24)31(36-32)39-29-20-12-4-3-11-19(20)27(34-29)37-25;4*1-5(2,3)4;4*1-5-4-3-2;;;;;;;;/h2*1-16H;4*1H3,(H,2,3,4);4*2H,1H3;;;;;;;;/q2*-2;;;;;;;;;;;2*+2;4*+1/p-8. The molecular weight excluding hydrogens is 2070 g/mol. The number of fused-ring (bicyclic) bond motifs is 40. The molecule has 4 aliphatic rings. The van der Waals surface area contributed by atoms with Crippen LogP contribution < -0.4 is 159 Å². The summed E-state index contributed by atoms with van der Waals surface area (Å²) in [5.74, 6) is 4.42. The molecule has 0 saturated carbocycles. The van der Waals surface area contributed by atoms with Gasteiger partial charge >= 0.3 is 152 Å². The first-order valence-electron chi connectivity index (χ1n) is 33.0. The van der Waals surface area contributed by atoms with E-state index in [9.17, 15) is 0 Å². The van der Waals surface area contributed by atoms with Crippen molar-refractivity contribution in [1.29, 1.82) is 0 Å². The van der Waals surface area contributed by atoms with Crippen molar-refractivity contribution in [3.63, 3.8) is 0 Å². The summed E-state index contributed by atoms with van der Waals surface area (Å²) in [5.41, 5.74) is 11.6. The van der Waals surface area contributed by atoms with Crippen LogP contribution in [0, 0.1) is 0 Å². The van der Waals surface area contributed by atoms with E-state index in [-0.39, 0.29) is 186 Å². The van der Waals surface area contributed by atoms with Crippen LogP contribution in [0.4, 0.5) is 0 Å². The van der Waals surface area contributed by atoms with E-state index in [1.165, 1.54) is 0 Å². The molecule has 0 unspecified atom stereocenters. The first-order valence-corrected chi connectivity index (χ1v) is 44.9. The second-order valence-electron chi connectivity index (χ2n) is 23.4. The molecule has 4 aliphatic heterocycles. The molecule has 40 nitrogen and oxygen atoms in total. The Hall–Kier alpha value is -4.91. The third-order valence-corrected chi connectivity index (χ3v) is 15.8. The number of rotatable bonds is 8. The zero-order chi connectivity index (χ0) is 86.9. The largest absolute Gasteiger partial charge is 2.00 e. The van der Waals surface area contributed by atoms with E-state index < -0.39 is 40.5 Å². The summed E-state index contributed by atoms with van der Waals surface area (Å²) in [4.78, 5) is 78.5. The molecule has 0 atom stereocenters. The first kappa shape index (κ1) is 121. The Bertz CT molecular complexity index is 5720. The summed E-state index contributed by atoms with van der Waals surface area (Å²) < 4.78 is 124. The fourth-order valence-corrected chi connectivity index (χ4v) is 11.3. The van der Waals surface area contributed by atoms with Crippen molar-refractivity contribution in [3.05, 3.63) is 194 Å². The number of nitrogens with zero attached hydrogens (tertiary/aromatic N) is 16. The monoisotopic (exact) mass is 2120 g/mol. The molecule has 56 heteroatoms. The van der Waals surface area contributed by atoms with Gasteiger partial charge in [-0.2, -0.15) is 17.3 Å². The maximum absolute atomic E-state index is 9.08. The summed E-state index contributed by atoms with van der Waals surface area (Å²) in [6.07, 6.45) is 8.74. The van der Waals surface area contributed by atoms with Crippen molar-refractivity contribution in [3.8, 4) is 91.1 Å². The average Bonchev–Trinajstić information content (AvgIpc) is 1.60. The molecule has 6 aromatic heterocycles. The predicted octanol–water partition coefficient (Wildman–Crippen LogP) is -5.14. The second-order valence-corrected chi connectivity index (χ2v) is 30.9. The van der Waals surface area contributed by atoms with Crippen molar-refractivity contribution in [2.75, 3.05) is 50.0 Å². The summed E-state index contributed by atoms with van der Waals surface area (Å²) in [6, 6.07) is 63.7. The van der Waals surface area contributed by atoms with Crippen molar-refractivity contribution in [2.24, 2.45) is 0 Å². The molecule has 16 bridgehead atoms. The van der Waals surface area contributed by atoms with Gasteiger partial charge in [0.15, 0.2) is 0 Å². The van der Waals surface area contributed by atoms with Crippen molar-refractivity contribution in [1.82, 2.24) is 79.7 Å². The average molecular weight is 2120 g/mol. The fraction of sp³-hybridized carbons (Fsp3) is 0.111. The van der Waals surface area contributed by atoms with Crippen LogP contribution in [0.2, 0.25) is 0 Å². The third-order valence-electron chi connectivity index (χ3n) is 15.0. The molecule has 0 saturated heterocycles. The maximum atomic E-state index is 9.08. The Labute approximate surface area is 877 Å². The van der Waals surface area contributed by atoms with Gasteiger partial charge in [0.25, 0.3) is 0 Å². The Morgan fingerprint density at radius 2 is 0.336 bits per heavy atom. The predicted molar refractivity (Wildman–Crippen MR) is 433 cm³/mol. The summed E-state index contributed by atoms with van der Waals surface area (Å²) in [7, 11) is -15.7. The van der Waals surface area contributed by atoms with Crippen molar-refractivity contribution < 1.29 is 296 Å². The number of hydrogen-bond donors (Lipinski definition) is 0. The Morgan fingerprint density at radius 3 is 0.422 bits per heavy atom. The van der Waals surface area contributed by atoms with Gasteiger partial charge in [-0.15, -0.1) is 0 Å². The number of benzene rings is 8. The minimum absolute atomic E-state index is 0. The van der Waals surface area contributed by atoms with Crippen LogP contribution in [0.1, 0.15) is 0 Å². The SMILES string of the molecule is CS(=O)(=O)[O-].CS(=O)(=O)[O-].CS(=O)(=O)[O-].CS(=O)(=O)[O-].CSOO[O-].CSOO[O-].CSOO[O-].CSOO[O-].[Co].[Co].[Cu+2].[Cu+2].[Na+].[Na+].[Na+].[Na+].c1ccc2c(c1)-c1nc-2nc2[n-]c(nc3nc(nc4[n-]c(n1)c1ccccc41)-c1ccccc1-3)c1ccccc21.c1ccc2c(c1)-c1nc-2nc2[n-]c(nc3nc(nc4[n-]c(n1)c1ccccc41)-c1ccccc1-3)c1ccccc21. The van der Waals surface area contributed by atoms with E-state index in [0.717, 1.165) is 136 Å². The van der Waals surface area contributed by atoms with E-state index >= 15 is 0 Å². The molecule has 0 N–H and O–H groups in total. The zero-order valence-corrected chi connectivity index (χ0v) is 86.5. The quantitative estimate of drug-likeness (QED) is 0.0451. The van der Waals surface area contributed by atoms with Crippen LogP contribution in [0.3, 0.4) is 0 Å². The molecule has 14 aromatic rings. The molecule has 4 radical (unpaired) electrons. The topological polar surface area (TPSA) is 606 Å². The van der Waals surface area contributed by atoms with Crippen LogP contribution in [0.15, 0.2) is 194 Å². The molecule has 8 aromatic carbocycles. The van der Waals surface area contributed by atoms with Crippen LogP contribution in [-0.2, 0) is 146 Å². The molecule has 664 valence electrons. The molecule has 0 spiro atoms. The fourth-order valence-electron chi connectivity index (χ4n) is 11.0. The minimum atomic E-state index is -3.92. The van der Waals surface area contributed by atoms with Crippen LogP contribution in [-0.4, -0.2) is 162 Å². The second kappa shape index (κ2) is 58.4. The molecule has 0 fully saturated rings. The van der Waals surface area contributed by atoms with Crippen LogP contribution >= 0.6 is 48.2 Å². The summed E-state index contributed by atoms with van der Waals surface area (Å²) >= 11 is 3.47. The van der Waals surface area contributed by atoms with Gasteiger partial charge < -0.3 is 99.0 Å². The Balaban J connectivity index is 0.000000865. The summed E-state index contributed by atoms with van der Waals surface area (Å²) in [6.45, 7) is 0. The molecule has 0 aliphatic carbocycles. The smallest absolute Gasteiger partial charge is 0.748 e. The maximum Gasteiger partial charge on any atom is 2.00 e. The van der Waals surface area contributed by atoms with Gasteiger partial charge in [-0.3, -0.25) is 20.2 Å². The van der Waals surface area contributed by atoms with Gasteiger partial charge in [0.1, 0.15) is 0 Å². The van der Waals surface area contributed by atoms with E-state index in [1.54, 1.807) is 25.0 Å². The van der Waals surface area contributed by atoms with Crippen molar-refractivity contribution >= 4 is 177 Å². The van der Waals surface area contributed by atoms with E-state index in [4.69, 9.17) is 153 Å². The Morgan fingerprint density at radius 1 is 0.234 bits per heavy atom. The molecule has 128 heavy (non-hydrogen) atoms. The van der Waals surface area contributed by atoms with E-state index in [2.05, 4.69) is 37.5 Å². The molecular formula is C72H56Co2Cu2N16Na4O24S8-4. The van der Waals surface area contributed by atoms with Gasteiger partial charge in [-0.25, -0.2) is 53.6 Å². The van der Waals surface area contributed by atoms with E-state index in [1.807, 2.05) is 194 Å². The van der Waals surface area contributed by atoms with E-state index in [0.29, 0.717) is 117 Å². The van der Waals surface area contributed by atoms with Gasteiger partial charge in [0.05, 0.1) is 87.1 Å². The minimum Gasteiger partial charge on any atom is -0.748 e. The van der Waals surface area contributed by atoms with Gasteiger partial charge in [0, 0.05) is 221 Å². The van der Waals surface area contributed by atoms with Gasteiger partial charge in [-0.05, 0) is 43.1 Å². The first-order chi connectivity index (χ1) is 57.3. The van der Waals surface area contributed by atoms with Crippen molar-refractivity contribution in [2.45, 2.75) is 0 Å². The number of hydrogen-bond acceptors (Lipinski definition) is 40. The molecule has 18 rings (SSSR count).